The molecule has 2 aromatic rings. The van der Waals surface area contributed by atoms with Gasteiger partial charge in [0.25, 0.3) is 0 Å². The first-order valence-corrected chi connectivity index (χ1v) is 8.51. The molecule has 4 rings (SSSR count). The van der Waals surface area contributed by atoms with Crippen LogP contribution in [-0.2, 0) is 4.74 Å². The molecule has 1 aromatic heterocycles. The molecule has 1 fully saturated rings. The van der Waals surface area contributed by atoms with Gasteiger partial charge in [-0.15, -0.1) is 0 Å². The van der Waals surface area contributed by atoms with Gasteiger partial charge in [0.1, 0.15) is 6.23 Å². The molecule has 3 heterocycles. The van der Waals surface area contributed by atoms with Crippen LogP contribution in [0.4, 0.5) is 0 Å². The smallest absolute Gasteiger partial charge is 0.244 e. The van der Waals surface area contributed by atoms with Crippen LogP contribution in [0.25, 0.3) is 11.4 Å². The molecule has 9 heteroatoms. The van der Waals surface area contributed by atoms with E-state index in [0.717, 1.165) is 24.3 Å². The molecule has 0 aliphatic carbocycles. The van der Waals surface area contributed by atoms with E-state index in [1.807, 2.05) is 25.2 Å². The Bertz CT molecular complexity index is 767. The monoisotopic (exact) mass is 362 g/mol. The van der Waals surface area contributed by atoms with Gasteiger partial charge in [-0.2, -0.15) is 4.98 Å². The van der Waals surface area contributed by atoms with Gasteiger partial charge in [-0.1, -0.05) is 5.16 Å². The molecule has 2 aliphatic heterocycles. The average molecular weight is 362 g/mol. The predicted molar refractivity (Wildman–Crippen MR) is 90.7 cm³/mol. The van der Waals surface area contributed by atoms with Crippen LogP contribution in [0.15, 0.2) is 22.7 Å². The molecule has 26 heavy (non-hydrogen) atoms. The second-order valence-corrected chi connectivity index (χ2v) is 6.55. The van der Waals surface area contributed by atoms with Crippen molar-refractivity contribution in [2.75, 3.05) is 34.1 Å². The summed E-state index contributed by atoms with van der Waals surface area (Å²) in [4.78, 5) is 6.69. The minimum Gasteiger partial charge on any atom is -0.454 e. The number of hydrogen-bond acceptors (Lipinski definition) is 9. The molecule has 9 nitrogen and oxygen atoms in total. The Morgan fingerprint density at radius 2 is 2.23 bits per heavy atom. The molecule has 2 aliphatic rings. The molecule has 0 saturated carbocycles. The first-order chi connectivity index (χ1) is 12.6. The number of benzene rings is 1. The van der Waals surface area contributed by atoms with Crippen molar-refractivity contribution in [2.24, 2.45) is 0 Å². The standard InChI is InChI=1S/C17H22N4O5/c1-21-7-11(18-15(22)8-23-2)6-12(21)17-19-16(20-26-17)10-3-4-13-14(5-10)25-9-24-13/h3-5,11-12,15,18,22H,6-9H2,1-2H3/t11-,12-,15?/m0/s1. The normalized spacial score (nSPS) is 23.5. The van der Waals surface area contributed by atoms with Crippen molar-refractivity contribution in [1.29, 1.82) is 0 Å². The lowest BCUT2D eigenvalue weighted by Gasteiger charge is -2.17. The number of aliphatic hydroxyl groups is 1. The van der Waals surface area contributed by atoms with Crippen LogP contribution < -0.4 is 14.8 Å². The number of likely N-dealkylation sites (tertiary alicyclic amines) is 1. The van der Waals surface area contributed by atoms with Gasteiger partial charge < -0.3 is 23.8 Å². The molecule has 2 N–H and O–H groups in total. The number of nitrogens with zero attached hydrogens (tertiary/aromatic N) is 3. The maximum Gasteiger partial charge on any atom is 0.244 e. The van der Waals surface area contributed by atoms with Crippen LogP contribution in [0, 0.1) is 0 Å². The number of ether oxygens (including phenoxy) is 3. The Hall–Kier alpha value is -2.20. The molecule has 1 saturated heterocycles. The van der Waals surface area contributed by atoms with Crippen molar-refractivity contribution in [3.8, 4) is 22.9 Å². The molecule has 0 bridgehead atoms. The fourth-order valence-electron chi connectivity index (χ4n) is 3.41. The number of rotatable bonds is 6. The second kappa shape index (κ2) is 7.20. The third kappa shape index (κ3) is 3.38. The lowest BCUT2D eigenvalue weighted by molar-refractivity contribution is 0.0351. The number of nitrogens with one attached hydrogen (secondary N) is 1. The molecular weight excluding hydrogens is 340 g/mol. The number of likely N-dealkylation sites (N-methyl/N-ethyl adjacent to an activating group) is 1. The lowest BCUT2D eigenvalue weighted by atomic mass is 10.1. The van der Waals surface area contributed by atoms with Crippen LogP contribution in [0.2, 0.25) is 0 Å². The van der Waals surface area contributed by atoms with Gasteiger partial charge in [0.15, 0.2) is 11.5 Å². The van der Waals surface area contributed by atoms with Crippen LogP contribution in [0.5, 0.6) is 11.5 Å². The van der Waals surface area contributed by atoms with Crippen molar-refractivity contribution in [1.82, 2.24) is 20.4 Å². The predicted octanol–water partition coefficient (Wildman–Crippen LogP) is 0.765. The highest BCUT2D eigenvalue weighted by Crippen LogP contribution is 2.36. The maximum absolute atomic E-state index is 9.85. The Balaban J connectivity index is 1.46. The maximum atomic E-state index is 9.85. The van der Waals surface area contributed by atoms with Gasteiger partial charge in [0.05, 0.1) is 12.6 Å². The Labute approximate surface area is 150 Å². The SMILES string of the molecule is COCC(O)N[C@H]1C[C@@H](c2nc(-c3ccc4c(c3)OCO4)no2)N(C)C1. The summed E-state index contributed by atoms with van der Waals surface area (Å²) in [5.41, 5.74) is 0.815. The lowest BCUT2D eigenvalue weighted by Crippen LogP contribution is -2.41. The quantitative estimate of drug-likeness (QED) is 0.721. The third-order valence-corrected chi connectivity index (χ3v) is 4.66. The summed E-state index contributed by atoms with van der Waals surface area (Å²) in [5, 5.41) is 17.1. The molecule has 0 radical (unpaired) electrons. The zero-order valence-electron chi connectivity index (χ0n) is 14.7. The van der Waals surface area contributed by atoms with E-state index in [0.29, 0.717) is 17.5 Å². The van der Waals surface area contributed by atoms with E-state index in [2.05, 4.69) is 20.4 Å². The summed E-state index contributed by atoms with van der Waals surface area (Å²) < 4.78 is 21.2. The highest BCUT2D eigenvalue weighted by Gasteiger charge is 2.35. The molecule has 140 valence electrons. The Morgan fingerprint density at radius 3 is 3.08 bits per heavy atom. The highest BCUT2D eigenvalue weighted by molar-refractivity contribution is 5.61. The second-order valence-electron chi connectivity index (χ2n) is 6.55. The van der Waals surface area contributed by atoms with Crippen molar-refractivity contribution in [3.63, 3.8) is 0 Å². The van der Waals surface area contributed by atoms with E-state index in [9.17, 15) is 5.11 Å². The third-order valence-electron chi connectivity index (χ3n) is 4.66. The van der Waals surface area contributed by atoms with Crippen LogP contribution >= 0.6 is 0 Å². The molecule has 1 aromatic carbocycles. The van der Waals surface area contributed by atoms with Crippen molar-refractivity contribution >= 4 is 0 Å². The molecule has 1 unspecified atom stereocenters. The zero-order valence-corrected chi connectivity index (χ0v) is 14.7. The number of methoxy groups -OCH3 is 1. The molecule has 0 amide bonds. The van der Waals surface area contributed by atoms with E-state index < -0.39 is 6.23 Å². The minimum atomic E-state index is -0.691. The Morgan fingerprint density at radius 1 is 1.38 bits per heavy atom. The number of aliphatic hydroxyl groups excluding tert-OH is 1. The molecule has 0 spiro atoms. The first kappa shape index (κ1) is 17.2. The number of aromatic nitrogens is 2. The molecule has 3 atom stereocenters. The summed E-state index contributed by atoms with van der Waals surface area (Å²) >= 11 is 0. The Kier molecular flexibility index (Phi) is 4.77. The summed E-state index contributed by atoms with van der Waals surface area (Å²) in [6.07, 6.45) is 0.0732. The number of fused-ring (bicyclic) bond motifs is 1. The van der Waals surface area contributed by atoms with E-state index in [1.54, 1.807) is 7.11 Å². The summed E-state index contributed by atoms with van der Waals surface area (Å²) in [6, 6.07) is 5.69. The van der Waals surface area contributed by atoms with Crippen LogP contribution in [-0.4, -0.2) is 66.5 Å². The van der Waals surface area contributed by atoms with Gasteiger partial charge >= 0.3 is 0 Å². The summed E-state index contributed by atoms with van der Waals surface area (Å²) in [5.74, 6) is 2.48. The summed E-state index contributed by atoms with van der Waals surface area (Å²) in [7, 11) is 3.56. The van der Waals surface area contributed by atoms with Gasteiger partial charge in [-0.25, -0.2) is 0 Å². The van der Waals surface area contributed by atoms with Gasteiger partial charge in [-0.05, 0) is 31.7 Å². The fourth-order valence-corrected chi connectivity index (χ4v) is 3.41. The average Bonchev–Trinajstić information content (AvgIpc) is 3.33. The van der Waals surface area contributed by atoms with Crippen LogP contribution in [0.1, 0.15) is 18.4 Å². The minimum absolute atomic E-state index is 0.00231. The zero-order chi connectivity index (χ0) is 18.1. The van der Waals surface area contributed by atoms with Crippen LogP contribution in [0.3, 0.4) is 0 Å². The molecular formula is C17H22N4O5. The topological polar surface area (TPSA) is 102 Å². The largest absolute Gasteiger partial charge is 0.454 e. The van der Waals surface area contributed by atoms with Crippen molar-refractivity contribution in [2.45, 2.75) is 24.7 Å². The first-order valence-electron chi connectivity index (χ1n) is 8.51. The number of hydrogen-bond donors (Lipinski definition) is 2. The van der Waals surface area contributed by atoms with E-state index in [-0.39, 0.29) is 25.5 Å². The summed E-state index contributed by atoms with van der Waals surface area (Å²) in [6.45, 7) is 1.25. The highest BCUT2D eigenvalue weighted by atomic mass is 16.7. The van der Waals surface area contributed by atoms with Gasteiger partial charge in [0.2, 0.25) is 18.5 Å². The van der Waals surface area contributed by atoms with Crippen molar-refractivity contribution in [3.05, 3.63) is 24.1 Å². The van der Waals surface area contributed by atoms with E-state index in [1.165, 1.54) is 0 Å². The van der Waals surface area contributed by atoms with Crippen molar-refractivity contribution < 1.29 is 23.8 Å². The van der Waals surface area contributed by atoms with Gasteiger partial charge in [0, 0.05) is 25.3 Å². The van der Waals surface area contributed by atoms with Gasteiger partial charge in [-0.3, -0.25) is 10.2 Å². The van der Waals surface area contributed by atoms with E-state index >= 15 is 0 Å². The van der Waals surface area contributed by atoms with E-state index in [4.69, 9.17) is 18.7 Å². The fraction of sp³-hybridized carbons (Fsp3) is 0.529.